The molecule has 0 heterocycles. The molecule has 0 aromatic carbocycles. The Morgan fingerprint density at radius 1 is 0.346 bits per heavy atom. The van der Waals surface area contributed by atoms with Crippen molar-refractivity contribution in [3.63, 3.8) is 0 Å². The lowest BCUT2D eigenvalue weighted by atomic mass is 10.0. The van der Waals surface area contributed by atoms with Gasteiger partial charge in [-0.15, -0.1) is 0 Å². The maximum Gasteiger partial charge on any atom is 0.305 e. The lowest BCUT2D eigenvalue weighted by Crippen LogP contribution is -2.45. The van der Waals surface area contributed by atoms with E-state index in [0.29, 0.717) is 25.9 Å². The third-order valence-corrected chi connectivity index (χ3v) is 16.7. The fraction of sp³-hybridized carbons (Fsp3) is 0.917. The van der Waals surface area contributed by atoms with Crippen molar-refractivity contribution in [1.82, 2.24) is 5.32 Å². The summed E-state index contributed by atoms with van der Waals surface area (Å²) in [6, 6.07) is -0.538. The van der Waals surface area contributed by atoms with Gasteiger partial charge in [-0.2, -0.15) is 0 Å². The first-order valence-electron chi connectivity index (χ1n) is 35.6. The SMILES string of the molecule is CCCCCCCCC/C=C\CCCCCCCCCC(=O)OCCCCCCCCCCCCCC/C=C\CCCCCCCCCCCCCCCCCCC(=O)NC(CO)C(O)CCCCCCCCCCCCC. The molecule has 2 atom stereocenters. The van der Waals surface area contributed by atoms with Crippen molar-refractivity contribution in [2.24, 2.45) is 0 Å². The number of aliphatic hydroxyl groups excluding tert-OH is 2. The molecular weight excluding hydrogens is 959 g/mol. The van der Waals surface area contributed by atoms with E-state index in [9.17, 15) is 19.8 Å². The Kier molecular flexibility index (Phi) is 66.4. The fourth-order valence-electron chi connectivity index (χ4n) is 11.3. The van der Waals surface area contributed by atoms with Crippen LogP contribution in [0.4, 0.5) is 0 Å². The summed E-state index contributed by atoms with van der Waals surface area (Å²) < 4.78 is 5.51. The number of esters is 1. The molecule has 6 heteroatoms. The standard InChI is InChI=1S/C72H139NO5/c1-3-5-7-9-11-13-15-16-17-18-36-39-42-46-50-54-58-62-66-72(77)78-67-63-59-55-51-47-43-40-37-34-32-30-28-26-24-22-20-19-21-23-25-27-29-31-33-35-38-41-45-49-53-57-61-65-71(76)73-69(68-74)70(75)64-60-56-52-48-44-14-12-10-8-6-4-2/h17-18,22,24,69-70,74-75H,3-16,19-21,23,25-68H2,1-2H3,(H,73,76)/b18-17-,24-22-. The lowest BCUT2D eigenvalue weighted by molar-refractivity contribution is -0.143. The first kappa shape index (κ1) is 76.3. The highest BCUT2D eigenvalue weighted by Gasteiger charge is 2.20. The highest BCUT2D eigenvalue weighted by Crippen LogP contribution is 2.19. The van der Waals surface area contributed by atoms with Crippen molar-refractivity contribution < 1.29 is 24.5 Å². The van der Waals surface area contributed by atoms with E-state index in [1.165, 1.54) is 321 Å². The second kappa shape index (κ2) is 67.8. The van der Waals surface area contributed by atoms with E-state index >= 15 is 0 Å². The lowest BCUT2D eigenvalue weighted by Gasteiger charge is -2.22. The summed E-state index contributed by atoms with van der Waals surface area (Å²) in [4.78, 5) is 24.6. The Balaban J connectivity index is 3.32. The third kappa shape index (κ3) is 63.5. The predicted molar refractivity (Wildman–Crippen MR) is 343 cm³/mol. The summed E-state index contributed by atoms with van der Waals surface area (Å²) >= 11 is 0. The van der Waals surface area contributed by atoms with E-state index < -0.39 is 12.1 Å². The molecule has 78 heavy (non-hydrogen) atoms. The number of hydrogen-bond acceptors (Lipinski definition) is 5. The van der Waals surface area contributed by atoms with Crippen LogP contribution in [0.5, 0.6) is 0 Å². The summed E-state index contributed by atoms with van der Waals surface area (Å²) in [7, 11) is 0. The average Bonchev–Trinajstić information content (AvgIpc) is 3.44. The molecule has 0 aliphatic heterocycles. The van der Waals surface area contributed by atoms with Gasteiger partial charge in [0.25, 0.3) is 0 Å². The maximum atomic E-state index is 12.5. The van der Waals surface area contributed by atoms with E-state index in [4.69, 9.17) is 4.74 Å². The van der Waals surface area contributed by atoms with Gasteiger partial charge in [0.15, 0.2) is 0 Å². The molecule has 6 nitrogen and oxygen atoms in total. The highest BCUT2D eigenvalue weighted by atomic mass is 16.5. The average molecular weight is 1100 g/mol. The number of rotatable bonds is 67. The molecule has 3 N–H and O–H groups in total. The van der Waals surface area contributed by atoms with Crippen LogP contribution in [0.15, 0.2) is 24.3 Å². The predicted octanol–water partition coefficient (Wildman–Crippen LogP) is 22.9. The molecule has 0 aromatic rings. The van der Waals surface area contributed by atoms with Crippen LogP contribution in [0.25, 0.3) is 0 Å². The zero-order valence-corrected chi connectivity index (χ0v) is 52.9. The highest BCUT2D eigenvalue weighted by molar-refractivity contribution is 5.76. The second-order valence-electron chi connectivity index (χ2n) is 24.6. The molecule has 0 aromatic heterocycles. The second-order valence-corrected chi connectivity index (χ2v) is 24.6. The number of aliphatic hydroxyl groups is 2. The van der Waals surface area contributed by atoms with E-state index in [2.05, 4.69) is 43.5 Å². The number of carbonyl (C=O) groups excluding carboxylic acids is 2. The van der Waals surface area contributed by atoms with E-state index in [-0.39, 0.29) is 18.5 Å². The third-order valence-electron chi connectivity index (χ3n) is 16.7. The van der Waals surface area contributed by atoms with Crippen molar-refractivity contribution in [2.45, 2.75) is 411 Å². The summed E-state index contributed by atoms with van der Waals surface area (Å²) in [5.41, 5.74) is 0. The van der Waals surface area contributed by atoms with Crippen LogP contribution in [0.3, 0.4) is 0 Å². The summed E-state index contributed by atoms with van der Waals surface area (Å²) in [5.74, 6) is -0.0156. The first-order chi connectivity index (χ1) is 38.5. The maximum absolute atomic E-state index is 12.5. The molecule has 0 saturated carbocycles. The molecule has 0 rings (SSSR count). The van der Waals surface area contributed by atoms with E-state index in [1.807, 2.05) is 0 Å². The molecule has 1 amide bonds. The minimum Gasteiger partial charge on any atom is -0.466 e. The largest absolute Gasteiger partial charge is 0.466 e. The van der Waals surface area contributed by atoms with E-state index in [0.717, 1.165) is 44.9 Å². The monoisotopic (exact) mass is 1100 g/mol. The smallest absolute Gasteiger partial charge is 0.305 e. The van der Waals surface area contributed by atoms with Crippen molar-refractivity contribution in [2.75, 3.05) is 13.2 Å². The number of unbranched alkanes of at least 4 members (excludes halogenated alkanes) is 52. The molecule has 0 spiro atoms. The van der Waals surface area contributed by atoms with Gasteiger partial charge < -0.3 is 20.3 Å². The quantitative estimate of drug-likeness (QED) is 0.0320. The van der Waals surface area contributed by atoms with Crippen molar-refractivity contribution in [1.29, 1.82) is 0 Å². The molecular formula is C72H139NO5. The van der Waals surface area contributed by atoms with Gasteiger partial charge in [-0.3, -0.25) is 9.59 Å². The molecule has 0 saturated heterocycles. The van der Waals surface area contributed by atoms with Gasteiger partial charge in [0.2, 0.25) is 5.91 Å². The number of nitrogens with one attached hydrogen (secondary N) is 1. The molecule has 0 aliphatic carbocycles. The Bertz CT molecular complexity index is 1220. The van der Waals surface area contributed by atoms with Gasteiger partial charge in [0.1, 0.15) is 0 Å². The minimum atomic E-state index is -0.660. The van der Waals surface area contributed by atoms with E-state index in [1.54, 1.807) is 0 Å². The fourth-order valence-corrected chi connectivity index (χ4v) is 11.3. The van der Waals surface area contributed by atoms with Gasteiger partial charge in [0.05, 0.1) is 25.4 Å². The van der Waals surface area contributed by atoms with Gasteiger partial charge >= 0.3 is 5.97 Å². The number of hydrogen-bond donors (Lipinski definition) is 3. The van der Waals surface area contributed by atoms with Gasteiger partial charge in [-0.05, 0) is 77.0 Å². The Morgan fingerprint density at radius 3 is 0.910 bits per heavy atom. The number of allylic oxidation sites excluding steroid dienone is 4. The van der Waals surface area contributed by atoms with Gasteiger partial charge in [0, 0.05) is 12.8 Å². The number of carbonyl (C=O) groups is 2. The Hall–Kier alpha value is -1.66. The van der Waals surface area contributed by atoms with Gasteiger partial charge in [-0.25, -0.2) is 0 Å². The minimum absolute atomic E-state index is 0.0159. The van der Waals surface area contributed by atoms with Crippen LogP contribution >= 0.6 is 0 Å². The zero-order chi connectivity index (χ0) is 56.4. The number of amides is 1. The molecule has 462 valence electrons. The van der Waals surface area contributed by atoms with Crippen LogP contribution in [0, 0.1) is 0 Å². The topological polar surface area (TPSA) is 95.9 Å². The zero-order valence-electron chi connectivity index (χ0n) is 52.9. The van der Waals surface area contributed by atoms with Crippen LogP contribution in [0.1, 0.15) is 399 Å². The molecule has 2 unspecified atom stereocenters. The summed E-state index contributed by atoms with van der Waals surface area (Å²) in [5, 5.41) is 23.2. The van der Waals surface area contributed by atoms with Crippen LogP contribution in [0.2, 0.25) is 0 Å². The Morgan fingerprint density at radius 2 is 0.603 bits per heavy atom. The van der Waals surface area contributed by atoms with Crippen LogP contribution < -0.4 is 5.32 Å². The normalized spacial score (nSPS) is 12.6. The van der Waals surface area contributed by atoms with Crippen molar-refractivity contribution in [3.8, 4) is 0 Å². The molecule has 0 fully saturated rings. The molecule has 0 aliphatic rings. The molecule has 0 radical (unpaired) electrons. The van der Waals surface area contributed by atoms with Gasteiger partial charge in [-0.1, -0.05) is 334 Å². The molecule has 0 bridgehead atoms. The van der Waals surface area contributed by atoms with Crippen LogP contribution in [-0.4, -0.2) is 47.4 Å². The number of ether oxygens (including phenoxy) is 1. The first-order valence-corrected chi connectivity index (χ1v) is 35.6. The van der Waals surface area contributed by atoms with Crippen molar-refractivity contribution in [3.05, 3.63) is 24.3 Å². The Labute approximate surface area is 488 Å². The van der Waals surface area contributed by atoms with Crippen molar-refractivity contribution >= 4 is 11.9 Å². The summed E-state index contributed by atoms with van der Waals surface area (Å²) in [6.07, 6.45) is 85.3. The summed E-state index contributed by atoms with van der Waals surface area (Å²) in [6.45, 7) is 4.97. The van der Waals surface area contributed by atoms with Crippen LogP contribution in [-0.2, 0) is 14.3 Å².